The number of primary amides is 1. The van der Waals surface area contributed by atoms with Gasteiger partial charge in [-0.15, -0.1) is 0 Å². The lowest BCUT2D eigenvalue weighted by atomic mass is 10.00. The number of benzene rings is 2. The van der Waals surface area contributed by atoms with E-state index in [1.807, 2.05) is 28.7 Å². The van der Waals surface area contributed by atoms with Crippen LogP contribution in [0, 0.1) is 18.8 Å². The lowest BCUT2D eigenvalue weighted by Gasteiger charge is -2.31. The van der Waals surface area contributed by atoms with Crippen molar-refractivity contribution in [2.75, 3.05) is 20.8 Å². The highest BCUT2D eigenvalue weighted by molar-refractivity contribution is 14.1. The average Bonchev–Trinajstić information content (AvgIpc) is 3.23. The molecule has 2 N–H and O–H groups in total. The molecule has 0 unspecified atom stereocenters. The van der Waals surface area contributed by atoms with Gasteiger partial charge in [0.15, 0.2) is 5.79 Å². The fraction of sp³-hybridized carbons (Fsp3) is 0.364. The molecule has 31 heavy (non-hydrogen) atoms. The van der Waals surface area contributed by atoms with Gasteiger partial charge in [0.05, 0.1) is 0 Å². The van der Waals surface area contributed by atoms with Gasteiger partial charge >= 0.3 is 0 Å². The number of carbonyl (C=O) groups is 1. The number of amides is 1. The lowest BCUT2D eigenvalue weighted by molar-refractivity contribution is -0.220. The maximum atomic E-state index is 13.4. The number of nitrogens with zero attached hydrogens (tertiary/aromatic N) is 1. The van der Waals surface area contributed by atoms with Crippen LogP contribution in [0.1, 0.15) is 36.8 Å². The monoisotopic (exact) mass is 656 g/mol. The van der Waals surface area contributed by atoms with Crippen LogP contribution in [0.3, 0.4) is 0 Å². The number of rotatable bonds is 7. The summed E-state index contributed by atoms with van der Waals surface area (Å²) >= 11 is 4.13. The smallest absolute Gasteiger partial charge is 0.217 e. The molecule has 0 bridgehead atoms. The van der Waals surface area contributed by atoms with E-state index in [9.17, 15) is 13.6 Å². The van der Waals surface area contributed by atoms with Crippen molar-refractivity contribution in [1.82, 2.24) is 0 Å². The van der Waals surface area contributed by atoms with E-state index in [-0.39, 0.29) is 24.5 Å². The third kappa shape index (κ3) is 7.72. The van der Waals surface area contributed by atoms with Gasteiger partial charge in [-0.3, -0.25) is 9.79 Å². The summed E-state index contributed by atoms with van der Waals surface area (Å²) < 4.78 is 38.8. The maximum Gasteiger partial charge on any atom is 0.217 e. The minimum atomic E-state index is -1.16. The van der Waals surface area contributed by atoms with Crippen LogP contribution >= 0.6 is 45.2 Å². The van der Waals surface area contributed by atoms with Gasteiger partial charge in [0.1, 0.15) is 11.6 Å². The number of carbonyl (C=O) groups excluding carboxylic acids is 1. The fourth-order valence-corrected chi connectivity index (χ4v) is 4.49. The number of hydrogen-bond donors (Lipinski definition) is 1. The number of methoxy groups -OCH3 is 2. The van der Waals surface area contributed by atoms with Crippen LogP contribution in [0.5, 0.6) is 0 Å². The van der Waals surface area contributed by atoms with Crippen LogP contribution in [0.2, 0.25) is 0 Å². The van der Waals surface area contributed by atoms with Crippen LogP contribution in [0.25, 0.3) is 0 Å². The Labute approximate surface area is 208 Å². The van der Waals surface area contributed by atoms with Crippen LogP contribution in [-0.2, 0) is 20.1 Å². The Morgan fingerprint density at radius 3 is 2.16 bits per heavy atom. The standard InChI is InChI=1S/C12H15FINO3.C10H9FIN/c1-17-12(18-2,4-3-11(15)16)8-5-9(13)7-10(14)6-8;11-8-4-7(5-9(12)6-8)10-2-1-3-13-10/h5-7H,3-4H2,1-2H3,(H2,15,16);4-6H,1-3H2. The fourth-order valence-electron chi connectivity index (χ4n) is 3.22. The molecule has 0 aromatic heterocycles. The predicted molar refractivity (Wildman–Crippen MR) is 133 cm³/mol. The van der Waals surface area contributed by atoms with Crippen molar-refractivity contribution in [2.24, 2.45) is 10.7 Å². The van der Waals surface area contributed by atoms with Crippen molar-refractivity contribution in [2.45, 2.75) is 31.5 Å². The first-order chi connectivity index (χ1) is 14.7. The number of nitrogens with two attached hydrogens (primary N) is 1. The van der Waals surface area contributed by atoms with Gasteiger partial charge in [-0.25, -0.2) is 8.78 Å². The van der Waals surface area contributed by atoms with E-state index in [4.69, 9.17) is 15.2 Å². The van der Waals surface area contributed by atoms with E-state index in [1.54, 1.807) is 12.1 Å². The number of ether oxygens (including phenoxy) is 2. The van der Waals surface area contributed by atoms with Gasteiger partial charge in [-0.05, 0) is 100.0 Å². The zero-order valence-corrected chi connectivity index (χ0v) is 21.6. The predicted octanol–water partition coefficient (Wildman–Crippen LogP) is 5.15. The molecule has 0 aliphatic carbocycles. The van der Waals surface area contributed by atoms with Crippen LogP contribution in [0.15, 0.2) is 41.4 Å². The Morgan fingerprint density at radius 1 is 1.06 bits per heavy atom. The van der Waals surface area contributed by atoms with Crippen molar-refractivity contribution in [3.05, 3.63) is 66.3 Å². The summed E-state index contributed by atoms with van der Waals surface area (Å²) in [6.07, 6.45) is 2.41. The summed E-state index contributed by atoms with van der Waals surface area (Å²) in [5, 5.41) is 0. The zero-order chi connectivity index (χ0) is 23.0. The van der Waals surface area contributed by atoms with Crippen molar-refractivity contribution < 1.29 is 23.0 Å². The van der Waals surface area contributed by atoms with E-state index in [2.05, 4.69) is 27.6 Å². The van der Waals surface area contributed by atoms with E-state index in [1.165, 1.54) is 32.4 Å². The first-order valence-corrected chi connectivity index (χ1v) is 11.7. The molecule has 0 radical (unpaired) electrons. The summed E-state index contributed by atoms with van der Waals surface area (Å²) in [4.78, 5) is 15.2. The molecule has 2 aromatic carbocycles. The maximum absolute atomic E-state index is 13.4. The molecule has 0 spiro atoms. The van der Waals surface area contributed by atoms with Crippen molar-refractivity contribution in [3.63, 3.8) is 0 Å². The molecule has 168 valence electrons. The second kappa shape index (κ2) is 12.2. The Morgan fingerprint density at radius 2 is 1.68 bits per heavy atom. The molecule has 1 amide bonds. The lowest BCUT2D eigenvalue weighted by Crippen LogP contribution is -2.32. The van der Waals surface area contributed by atoms with Gasteiger partial charge in [0.25, 0.3) is 0 Å². The Balaban J connectivity index is 0.000000231. The third-order valence-electron chi connectivity index (χ3n) is 4.73. The molecule has 3 rings (SSSR count). The number of halogens is 4. The van der Waals surface area contributed by atoms with Crippen molar-refractivity contribution >= 4 is 56.8 Å². The molecular formula is C22H24F2I2N2O3. The second-order valence-corrected chi connectivity index (χ2v) is 9.37. The minimum Gasteiger partial charge on any atom is -0.370 e. The highest BCUT2D eigenvalue weighted by Crippen LogP contribution is 2.32. The number of aliphatic imine (C=N–C) groups is 1. The molecule has 1 aliphatic rings. The van der Waals surface area contributed by atoms with Crippen LogP contribution < -0.4 is 5.73 Å². The summed E-state index contributed by atoms with van der Waals surface area (Å²) in [5.41, 5.74) is 7.65. The quantitative estimate of drug-likeness (QED) is 0.331. The molecule has 5 nitrogen and oxygen atoms in total. The van der Waals surface area contributed by atoms with Gasteiger partial charge in [0, 0.05) is 52.0 Å². The summed E-state index contributed by atoms with van der Waals surface area (Å²) in [5.74, 6) is -2.16. The molecule has 0 fully saturated rings. The Hall–Kier alpha value is -1.18. The molecular weight excluding hydrogens is 632 g/mol. The molecule has 0 saturated heterocycles. The van der Waals surface area contributed by atoms with Crippen molar-refractivity contribution in [1.29, 1.82) is 0 Å². The van der Waals surface area contributed by atoms with Gasteiger partial charge in [-0.1, -0.05) is 0 Å². The van der Waals surface area contributed by atoms with E-state index < -0.39 is 11.7 Å². The summed E-state index contributed by atoms with van der Waals surface area (Å²) in [7, 11) is 2.89. The highest BCUT2D eigenvalue weighted by atomic mass is 127. The first-order valence-electron chi connectivity index (χ1n) is 9.54. The zero-order valence-electron chi connectivity index (χ0n) is 17.3. The SMILES string of the molecule is COC(CCC(N)=O)(OC)c1cc(F)cc(I)c1.Fc1cc(I)cc(C2=NCCC2)c1. The van der Waals surface area contributed by atoms with E-state index in [0.717, 1.165) is 37.8 Å². The van der Waals surface area contributed by atoms with Crippen LogP contribution in [0.4, 0.5) is 8.78 Å². The topological polar surface area (TPSA) is 73.9 Å². The third-order valence-corrected chi connectivity index (χ3v) is 5.98. The average molecular weight is 656 g/mol. The normalized spacial score (nSPS) is 13.4. The molecule has 0 saturated carbocycles. The van der Waals surface area contributed by atoms with E-state index >= 15 is 0 Å². The number of hydrogen-bond acceptors (Lipinski definition) is 4. The highest BCUT2D eigenvalue weighted by Gasteiger charge is 2.33. The van der Waals surface area contributed by atoms with Gasteiger partial charge in [-0.2, -0.15) is 0 Å². The molecule has 0 atom stereocenters. The van der Waals surface area contributed by atoms with Crippen molar-refractivity contribution in [3.8, 4) is 0 Å². The summed E-state index contributed by atoms with van der Waals surface area (Å²) in [6.45, 7) is 0.891. The Bertz CT molecular complexity index is 910. The van der Waals surface area contributed by atoms with Gasteiger partial charge in [0.2, 0.25) is 5.91 Å². The summed E-state index contributed by atoms with van der Waals surface area (Å²) in [6, 6.07) is 9.54. The van der Waals surface area contributed by atoms with E-state index in [0.29, 0.717) is 5.56 Å². The second-order valence-electron chi connectivity index (χ2n) is 6.88. The molecule has 9 heteroatoms. The van der Waals surface area contributed by atoms with Gasteiger partial charge < -0.3 is 15.2 Å². The molecule has 1 heterocycles. The molecule has 2 aromatic rings. The Kier molecular flexibility index (Phi) is 10.2. The molecule has 1 aliphatic heterocycles. The minimum absolute atomic E-state index is 0.0920. The van der Waals surface area contributed by atoms with Crippen LogP contribution in [-0.4, -0.2) is 32.4 Å². The first kappa shape index (κ1) is 26.1. The largest absolute Gasteiger partial charge is 0.370 e.